The normalized spacial score (nSPS) is 15.8. The first-order valence-corrected chi connectivity index (χ1v) is 5.99. The molecule has 0 aromatic carbocycles. The molecule has 1 saturated carbocycles. The first-order chi connectivity index (χ1) is 8.47. The van der Waals surface area contributed by atoms with Gasteiger partial charge in [-0.15, -0.1) is 0 Å². The Morgan fingerprint density at radius 1 is 1.67 bits per heavy atom. The average Bonchev–Trinajstić information content (AvgIpc) is 3.10. The van der Waals surface area contributed by atoms with E-state index in [4.69, 9.17) is 5.26 Å². The number of anilines is 1. The maximum Gasteiger partial charge on any atom is 0.305 e. The van der Waals surface area contributed by atoms with Crippen LogP contribution in [0.25, 0.3) is 0 Å². The number of rotatable bonds is 4. The van der Waals surface area contributed by atoms with Crippen molar-refractivity contribution in [3.8, 4) is 6.07 Å². The zero-order chi connectivity index (χ0) is 13.3. The van der Waals surface area contributed by atoms with Gasteiger partial charge in [0.1, 0.15) is 0 Å². The Balaban J connectivity index is 2.24. The predicted octanol–water partition coefficient (Wildman–Crippen LogP) is 1.71. The Hall–Kier alpha value is -1.88. The van der Waals surface area contributed by atoms with Crippen LogP contribution in [0.5, 0.6) is 0 Å². The minimum Gasteiger partial charge on any atom is -0.618 e. The standard InChI is InChI=1S/C10H9BrN4O3/c11-9-3-8(15(17)18)7(4-14(9)16)13-6-10(5-12)1-2-10/h3-4,13H,1-2,6H2. The molecule has 1 aromatic heterocycles. The first kappa shape index (κ1) is 12.6. The van der Waals surface area contributed by atoms with Crippen LogP contribution in [0.2, 0.25) is 0 Å². The van der Waals surface area contributed by atoms with Crippen LogP contribution in [0.15, 0.2) is 16.9 Å². The lowest BCUT2D eigenvalue weighted by Crippen LogP contribution is -2.29. The quantitative estimate of drug-likeness (QED) is 0.299. The molecule has 0 aliphatic heterocycles. The molecule has 18 heavy (non-hydrogen) atoms. The fourth-order valence-corrected chi connectivity index (χ4v) is 1.85. The number of pyridine rings is 1. The molecule has 1 fully saturated rings. The zero-order valence-corrected chi connectivity index (χ0v) is 10.8. The van der Waals surface area contributed by atoms with Crippen LogP contribution in [0.1, 0.15) is 12.8 Å². The van der Waals surface area contributed by atoms with Crippen molar-refractivity contribution in [1.82, 2.24) is 0 Å². The monoisotopic (exact) mass is 312 g/mol. The van der Waals surface area contributed by atoms with Gasteiger partial charge in [-0.1, -0.05) is 0 Å². The van der Waals surface area contributed by atoms with Crippen molar-refractivity contribution >= 4 is 27.3 Å². The van der Waals surface area contributed by atoms with Gasteiger partial charge in [0.25, 0.3) is 4.60 Å². The molecule has 7 nitrogen and oxygen atoms in total. The lowest BCUT2D eigenvalue weighted by Gasteiger charge is -2.09. The van der Waals surface area contributed by atoms with Gasteiger partial charge in [-0.3, -0.25) is 10.1 Å². The van der Waals surface area contributed by atoms with Gasteiger partial charge in [-0.2, -0.15) is 9.99 Å². The molecule has 0 bridgehead atoms. The summed E-state index contributed by atoms with van der Waals surface area (Å²) in [4.78, 5) is 10.3. The molecule has 1 heterocycles. The molecule has 94 valence electrons. The molecule has 0 amide bonds. The highest BCUT2D eigenvalue weighted by Gasteiger charge is 2.43. The average molecular weight is 313 g/mol. The predicted molar refractivity (Wildman–Crippen MR) is 65.5 cm³/mol. The minimum atomic E-state index is -0.570. The van der Waals surface area contributed by atoms with Gasteiger partial charge in [0.05, 0.1) is 22.5 Å². The van der Waals surface area contributed by atoms with Gasteiger partial charge in [0.2, 0.25) is 6.20 Å². The summed E-state index contributed by atoms with van der Waals surface area (Å²) in [6.45, 7) is 0.311. The molecule has 1 aliphatic carbocycles. The molecular weight excluding hydrogens is 304 g/mol. The van der Waals surface area contributed by atoms with Gasteiger partial charge in [0.15, 0.2) is 5.69 Å². The van der Waals surface area contributed by atoms with E-state index in [9.17, 15) is 15.3 Å². The number of hydrogen-bond acceptors (Lipinski definition) is 5. The summed E-state index contributed by atoms with van der Waals surface area (Å²) < 4.78 is 0.558. The second kappa shape index (κ2) is 4.42. The van der Waals surface area contributed by atoms with E-state index in [1.165, 1.54) is 0 Å². The fraction of sp³-hybridized carbons (Fsp3) is 0.400. The lowest BCUT2D eigenvalue weighted by molar-refractivity contribution is -0.617. The third-order valence-corrected chi connectivity index (χ3v) is 3.47. The van der Waals surface area contributed by atoms with Crippen LogP contribution in [-0.2, 0) is 0 Å². The molecule has 0 unspecified atom stereocenters. The van der Waals surface area contributed by atoms with Crippen LogP contribution < -0.4 is 10.0 Å². The number of nitro groups is 1. The summed E-state index contributed by atoms with van der Waals surface area (Å²) in [5.41, 5.74) is -0.503. The topological polar surface area (TPSA) is 106 Å². The number of aromatic nitrogens is 1. The van der Waals surface area contributed by atoms with Crippen LogP contribution in [0, 0.1) is 32.1 Å². The zero-order valence-electron chi connectivity index (χ0n) is 9.22. The molecular formula is C10H9BrN4O3. The number of nitrogens with zero attached hydrogens (tertiary/aromatic N) is 3. The lowest BCUT2D eigenvalue weighted by atomic mass is 10.1. The van der Waals surface area contributed by atoms with Gasteiger partial charge >= 0.3 is 5.69 Å². The van der Waals surface area contributed by atoms with Crippen molar-refractivity contribution in [2.24, 2.45) is 5.41 Å². The van der Waals surface area contributed by atoms with E-state index >= 15 is 0 Å². The number of nitrogens with one attached hydrogen (secondary N) is 1. The van der Waals surface area contributed by atoms with Crippen LogP contribution in [-0.4, -0.2) is 11.5 Å². The Labute approximate surface area is 111 Å². The van der Waals surface area contributed by atoms with E-state index in [-0.39, 0.29) is 16.0 Å². The highest BCUT2D eigenvalue weighted by molar-refractivity contribution is 9.10. The van der Waals surface area contributed by atoms with E-state index < -0.39 is 10.3 Å². The van der Waals surface area contributed by atoms with Crippen LogP contribution >= 0.6 is 15.9 Å². The molecule has 1 aromatic rings. The smallest absolute Gasteiger partial charge is 0.305 e. The molecule has 8 heteroatoms. The minimum absolute atomic E-state index is 0.0705. The Kier molecular flexibility index (Phi) is 3.09. The Morgan fingerprint density at radius 2 is 2.33 bits per heavy atom. The highest BCUT2D eigenvalue weighted by Crippen LogP contribution is 2.45. The van der Waals surface area contributed by atoms with E-state index in [1.54, 1.807) is 0 Å². The van der Waals surface area contributed by atoms with E-state index in [1.807, 2.05) is 0 Å². The van der Waals surface area contributed by atoms with Gasteiger partial charge in [0, 0.05) is 22.5 Å². The summed E-state index contributed by atoms with van der Waals surface area (Å²) >= 11 is 2.93. The molecule has 0 atom stereocenters. The molecule has 1 N–H and O–H groups in total. The first-order valence-electron chi connectivity index (χ1n) is 5.20. The van der Waals surface area contributed by atoms with Gasteiger partial charge in [-0.25, -0.2) is 0 Å². The maximum atomic E-state index is 11.4. The maximum absolute atomic E-state index is 11.4. The van der Waals surface area contributed by atoms with Crippen molar-refractivity contribution in [3.63, 3.8) is 0 Å². The second-order valence-electron chi connectivity index (χ2n) is 4.22. The molecule has 2 rings (SSSR count). The molecule has 0 saturated heterocycles. The van der Waals surface area contributed by atoms with Crippen molar-refractivity contribution in [2.75, 3.05) is 11.9 Å². The van der Waals surface area contributed by atoms with Gasteiger partial charge < -0.3 is 10.5 Å². The largest absolute Gasteiger partial charge is 0.618 e. The van der Waals surface area contributed by atoms with Crippen molar-refractivity contribution in [3.05, 3.63) is 32.2 Å². The summed E-state index contributed by atoms with van der Waals surface area (Å²) in [7, 11) is 0. The second-order valence-corrected chi connectivity index (χ2v) is 5.04. The Morgan fingerprint density at radius 3 is 2.83 bits per heavy atom. The number of nitriles is 1. The molecule has 0 radical (unpaired) electrons. The summed E-state index contributed by atoms with van der Waals surface area (Å²) in [5.74, 6) is 0. The number of hydrogen-bond donors (Lipinski definition) is 1. The van der Waals surface area contributed by atoms with Gasteiger partial charge in [-0.05, 0) is 12.8 Å². The summed E-state index contributed by atoms with van der Waals surface area (Å²) in [6.07, 6.45) is 2.64. The third-order valence-electron chi connectivity index (χ3n) is 2.89. The summed E-state index contributed by atoms with van der Waals surface area (Å²) in [6, 6.07) is 3.31. The SMILES string of the molecule is N#CC1(CNc2c[n+]([O-])c(Br)cc2[N+](=O)[O-])CC1. The van der Waals surface area contributed by atoms with E-state index in [2.05, 4.69) is 27.3 Å². The van der Waals surface area contributed by atoms with Crippen molar-refractivity contribution in [1.29, 1.82) is 5.26 Å². The van der Waals surface area contributed by atoms with E-state index in [0.29, 0.717) is 11.3 Å². The molecule has 1 aliphatic rings. The summed E-state index contributed by atoms with van der Waals surface area (Å²) in [5, 5.41) is 34.0. The van der Waals surface area contributed by atoms with E-state index in [0.717, 1.165) is 25.1 Å². The highest BCUT2D eigenvalue weighted by atomic mass is 79.9. The third kappa shape index (κ3) is 2.36. The van der Waals surface area contributed by atoms with Crippen molar-refractivity contribution in [2.45, 2.75) is 12.8 Å². The van der Waals surface area contributed by atoms with Crippen molar-refractivity contribution < 1.29 is 9.65 Å². The Bertz CT molecular complexity index is 551. The molecule has 0 spiro atoms. The fourth-order valence-electron chi connectivity index (χ4n) is 1.53. The van der Waals surface area contributed by atoms with Crippen LogP contribution in [0.3, 0.4) is 0 Å². The number of halogens is 1. The van der Waals surface area contributed by atoms with Crippen LogP contribution in [0.4, 0.5) is 11.4 Å².